The van der Waals surface area contributed by atoms with Gasteiger partial charge in [-0.1, -0.05) is 18.2 Å². The molecule has 0 saturated carbocycles. The second kappa shape index (κ2) is 8.39. The summed E-state index contributed by atoms with van der Waals surface area (Å²) < 4.78 is 1.63. The number of fused-ring (bicyclic) bond motifs is 3. The number of nitrogens with one attached hydrogen (secondary N) is 3. The molecule has 1 atom stereocenters. The Morgan fingerprint density at radius 3 is 2.97 bits per heavy atom. The van der Waals surface area contributed by atoms with Gasteiger partial charge >= 0.3 is 5.69 Å². The van der Waals surface area contributed by atoms with E-state index < -0.39 is 0 Å². The van der Waals surface area contributed by atoms with E-state index in [2.05, 4.69) is 47.5 Å². The van der Waals surface area contributed by atoms with Crippen LogP contribution in [0.2, 0.25) is 0 Å². The fourth-order valence-electron chi connectivity index (χ4n) is 4.98. The van der Waals surface area contributed by atoms with Crippen molar-refractivity contribution < 1.29 is 4.79 Å². The van der Waals surface area contributed by atoms with Gasteiger partial charge in [0, 0.05) is 36.8 Å². The van der Waals surface area contributed by atoms with Crippen LogP contribution < -0.4 is 15.9 Å². The van der Waals surface area contributed by atoms with E-state index in [0.29, 0.717) is 24.3 Å². The lowest BCUT2D eigenvalue weighted by atomic mass is 9.98. The molecule has 1 aliphatic rings. The summed E-state index contributed by atoms with van der Waals surface area (Å²) in [7, 11) is 0. The molecule has 0 aliphatic carbocycles. The van der Waals surface area contributed by atoms with Crippen molar-refractivity contribution >= 4 is 39.5 Å². The molecule has 0 radical (unpaired) electrons. The Hall–Kier alpha value is -4.47. The predicted octanol–water partition coefficient (Wildman–Crippen LogP) is 3.07. The maximum atomic E-state index is 12.9. The zero-order valence-electron chi connectivity index (χ0n) is 19.2. The fraction of sp³-hybridized carbons (Fsp3) is 0.240. The number of benzene rings is 2. The van der Waals surface area contributed by atoms with Crippen molar-refractivity contribution in [2.75, 3.05) is 18.0 Å². The number of imidazole rings is 1. The van der Waals surface area contributed by atoms with Gasteiger partial charge in [0.15, 0.2) is 5.65 Å². The number of amides is 1. The number of H-pyrrole nitrogens is 2. The summed E-state index contributed by atoms with van der Waals surface area (Å²) in [5.74, 6) is 0.910. The van der Waals surface area contributed by atoms with Crippen molar-refractivity contribution in [3.8, 4) is 0 Å². The summed E-state index contributed by atoms with van der Waals surface area (Å²) in [6.07, 6.45) is 4.08. The molecule has 0 saturated heterocycles. The van der Waals surface area contributed by atoms with Gasteiger partial charge in [0.05, 0.1) is 22.6 Å². The van der Waals surface area contributed by atoms with Crippen molar-refractivity contribution in [3.05, 3.63) is 76.6 Å². The van der Waals surface area contributed by atoms with Gasteiger partial charge in [-0.25, -0.2) is 14.8 Å². The van der Waals surface area contributed by atoms with Crippen molar-refractivity contribution in [2.45, 2.75) is 25.8 Å². The molecule has 0 bridgehead atoms. The molecule has 1 amide bonds. The zero-order chi connectivity index (χ0) is 23.9. The number of hydrogen-bond donors (Lipinski definition) is 3. The van der Waals surface area contributed by atoms with Crippen molar-refractivity contribution in [1.82, 2.24) is 35.0 Å². The van der Waals surface area contributed by atoms with Crippen molar-refractivity contribution in [1.29, 1.82) is 0 Å². The first-order valence-corrected chi connectivity index (χ1v) is 11.7. The largest absolute Gasteiger partial charge is 0.352 e. The molecule has 1 aliphatic heterocycles. The maximum Gasteiger partial charge on any atom is 0.326 e. The Balaban J connectivity index is 1.19. The Morgan fingerprint density at radius 1 is 1.20 bits per heavy atom. The van der Waals surface area contributed by atoms with Crippen molar-refractivity contribution in [3.63, 3.8) is 0 Å². The number of aromatic nitrogens is 6. The molecule has 4 heterocycles. The molecule has 6 rings (SSSR count). The first-order chi connectivity index (χ1) is 17.1. The molecule has 35 heavy (non-hydrogen) atoms. The Bertz CT molecular complexity index is 1610. The van der Waals surface area contributed by atoms with Crippen LogP contribution in [0.1, 0.15) is 35.2 Å². The second-order valence-corrected chi connectivity index (χ2v) is 8.65. The summed E-state index contributed by atoms with van der Waals surface area (Å²) >= 11 is 0. The number of para-hydroxylation sites is 1. The molecule has 2 aromatic carbocycles. The molecule has 10 heteroatoms. The highest BCUT2D eigenvalue weighted by Gasteiger charge is 2.31. The molecule has 5 aromatic rings. The number of anilines is 2. The van der Waals surface area contributed by atoms with Gasteiger partial charge < -0.3 is 15.2 Å². The SMILES string of the molecule is CCn1c(=O)[nH]c2ccc(C(=O)NCCC3CN(c4ncnc5[nH]ncc45)c4ccccc43)cc21. The summed E-state index contributed by atoms with van der Waals surface area (Å²) in [4.78, 5) is 38.7. The molecule has 0 spiro atoms. The number of hydrogen-bond acceptors (Lipinski definition) is 6. The highest BCUT2D eigenvalue weighted by atomic mass is 16.2. The van der Waals surface area contributed by atoms with Crippen LogP contribution in [0.5, 0.6) is 0 Å². The van der Waals surface area contributed by atoms with Crippen LogP contribution in [0.4, 0.5) is 11.5 Å². The van der Waals surface area contributed by atoms with Crippen LogP contribution in [0.3, 0.4) is 0 Å². The average Bonchev–Trinajstić information content (AvgIpc) is 3.58. The molecule has 3 N–H and O–H groups in total. The van der Waals surface area contributed by atoms with Crippen LogP contribution in [0, 0.1) is 0 Å². The molecule has 0 fully saturated rings. The topological polar surface area (TPSA) is 125 Å². The van der Waals surface area contributed by atoms with Crippen LogP contribution in [0.25, 0.3) is 22.1 Å². The van der Waals surface area contributed by atoms with E-state index in [1.807, 2.05) is 19.1 Å². The van der Waals surface area contributed by atoms with E-state index in [0.717, 1.165) is 40.9 Å². The van der Waals surface area contributed by atoms with Crippen LogP contribution in [0.15, 0.2) is 59.8 Å². The lowest BCUT2D eigenvalue weighted by Crippen LogP contribution is -2.26. The molecule has 10 nitrogen and oxygen atoms in total. The minimum absolute atomic E-state index is 0.151. The van der Waals surface area contributed by atoms with E-state index in [-0.39, 0.29) is 17.5 Å². The standard InChI is InChI=1S/C25H24N8O2/c1-2-32-21-11-15(7-8-19(21)30-25(32)35)24(34)26-10-9-16-13-33(20-6-4-3-5-17(16)20)23-18-12-29-31-22(18)27-14-28-23/h3-8,11-12,14,16H,2,9-10,13H2,1H3,(H,26,34)(H,30,35)(H,27,28,29,31). The molecule has 3 aromatic heterocycles. The minimum atomic E-state index is -0.166. The lowest BCUT2D eigenvalue weighted by Gasteiger charge is -2.19. The number of carbonyl (C=O) groups is 1. The van der Waals surface area contributed by atoms with Crippen molar-refractivity contribution in [2.24, 2.45) is 0 Å². The maximum absolute atomic E-state index is 12.9. The third kappa shape index (κ3) is 3.54. The second-order valence-electron chi connectivity index (χ2n) is 8.65. The van der Waals surface area contributed by atoms with E-state index in [4.69, 9.17) is 0 Å². The van der Waals surface area contributed by atoms with Gasteiger partial charge in [0.2, 0.25) is 0 Å². The zero-order valence-corrected chi connectivity index (χ0v) is 19.2. The third-order valence-electron chi connectivity index (χ3n) is 6.69. The van der Waals surface area contributed by atoms with Gasteiger partial charge in [-0.2, -0.15) is 5.10 Å². The predicted molar refractivity (Wildman–Crippen MR) is 133 cm³/mol. The van der Waals surface area contributed by atoms with E-state index in [1.165, 1.54) is 5.56 Å². The summed E-state index contributed by atoms with van der Waals surface area (Å²) in [5, 5.41) is 10.9. The summed E-state index contributed by atoms with van der Waals surface area (Å²) in [5.41, 5.74) is 4.89. The molecule has 176 valence electrons. The Kier molecular flexibility index (Phi) is 5.05. The third-order valence-corrected chi connectivity index (χ3v) is 6.69. The van der Waals surface area contributed by atoms with E-state index in [1.54, 1.807) is 35.3 Å². The van der Waals surface area contributed by atoms with Gasteiger partial charge in [-0.3, -0.25) is 14.5 Å². The molecular formula is C25H24N8O2. The summed E-state index contributed by atoms with van der Waals surface area (Å²) in [6.45, 7) is 3.73. The number of rotatable bonds is 6. The van der Waals surface area contributed by atoms with Gasteiger partial charge in [0.25, 0.3) is 5.91 Å². The summed E-state index contributed by atoms with van der Waals surface area (Å²) in [6, 6.07) is 13.6. The average molecular weight is 469 g/mol. The smallest absolute Gasteiger partial charge is 0.326 e. The number of aromatic amines is 2. The first-order valence-electron chi connectivity index (χ1n) is 11.7. The van der Waals surface area contributed by atoms with Gasteiger partial charge in [0.1, 0.15) is 12.1 Å². The van der Waals surface area contributed by atoms with Gasteiger partial charge in [-0.05, 0) is 43.2 Å². The monoisotopic (exact) mass is 468 g/mol. The van der Waals surface area contributed by atoms with E-state index in [9.17, 15) is 9.59 Å². The number of carbonyl (C=O) groups excluding carboxylic acids is 1. The molecule has 1 unspecified atom stereocenters. The number of nitrogens with zero attached hydrogens (tertiary/aromatic N) is 5. The van der Waals surface area contributed by atoms with Gasteiger partial charge in [-0.15, -0.1) is 0 Å². The van der Waals surface area contributed by atoms with E-state index >= 15 is 0 Å². The highest BCUT2D eigenvalue weighted by molar-refractivity contribution is 5.97. The fourth-order valence-corrected chi connectivity index (χ4v) is 4.98. The van der Waals surface area contributed by atoms with Crippen LogP contribution >= 0.6 is 0 Å². The highest BCUT2D eigenvalue weighted by Crippen LogP contribution is 2.42. The lowest BCUT2D eigenvalue weighted by molar-refractivity contribution is 0.0952. The normalized spacial score (nSPS) is 15.1. The van der Waals surface area contributed by atoms with Crippen LogP contribution in [-0.4, -0.2) is 48.7 Å². The quantitative estimate of drug-likeness (QED) is 0.352. The molecular weight excluding hydrogens is 444 g/mol. The first kappa shape index (κ1) is 21.1. The Morgan fingerprint density at radius 2 is 2.09 bits per heavy atom. The van der Waals surface area contributed by atoms with Crippen LogP contribution in [-0.2, 0) is 6.54 Å². The minimum Gasteiger partial charge on any atom is -0.352 e. The Labute approximate surface area is 200 Å². The number of aryl methyl sites for hydroxylation is 1.